The maximum atomic E-state index is 11.9. The summed E-state index contributed by atoms with van der Waals surface area (Å²) < 4.78 is 0. The minimum Gasteiger partial charge on any atom is -0.545 e. The molecule has 0 aliphatic carbocycles. The van der Waals surface area contributed by atoms with Gasteiger partial charge in [-0.15, -0.1) is 0 Å². The smallest absolute Gasteiger partial charge is 0.0724 e. The van der Waals surface area contributed by atoms with E-state index in [1.165, 1.54) is 179 Å². The van der Waals surface area contributed by atoms with Crippen LogP contribution in [-0.4, -0.2) is 23.9 Å². The van der Waals surface area contributed by atoms with Crippen LogP contribution < -0.4 is 20.4 Å². The summed E-state index contributed by atoms with van der Waals surface area (Å²) in [5.41, 5.74) is 2.43. The van der Waals surface area contributed by atoms with E-state index in [1.807, 2.05) is 0 Å². The largest absolute Gasteiger partial charge is 0.545 e. The number of carboxylic acids is 4. The molecule has 0 amide bonds. The van der Waals surface area contributed by atoms with Crippen LogP contribution in [0.25, 0.3) is 0 Å². The Labute approximate surface area is 415 Å². The van der Waals surface area contributed by atoms with Gasteiger partial charge >= 0.3 is 0 Å². The van der Waals surface area contributed by atoms with Crippen LogP contribution in [0, 0.1) is 0 Å². The summed E-state index contributed by atoms with van der Waals surface area (Å²) in [6.45, 7) is 8.90. The molecule has 0 heterocycles. The monoisotopic (exact) mass is 945 g/mol. The van der Waals surface area contributed by atoms with E-state index in [0.717, 1.165) is 88.2 Å². The summed E-state index contributed by atoms with van der Waals surface area (Å²) in [6.07, 6.45) is 46.3. The third-order valence-electron chi connectivity index (χ3n) is 13.8. The predicted molar refractivity (Wildman–Crippen MR) is 274 cm³/mol. The van der Waals surface area contributed by atoms with Gasteiger partial charge in [0.1, 0.15) is 0 Å². The van der Waals surface area contributed by atoms with E-state index in [4.69, 9.17) is 0 Å². The average molecular weight is 945 g/mol. The van der Waals surface area contributed by atoms with Gasteiger partial charge in [-0.2, -0.15) is 0 Å². The topological polar surface area (TPSA) is 161 Å². The van der Waals surface area contributed by atoms with E-state index in [2.05, 4.69) is 27.7 Å². The van der Waals surface area contributed by atoms with Crippen molar-refractivity contribution in [3.8, 4) is 0 Å². The van der Waals surface area contributed by atoms with Crippen molar-refractivity contribution in [1.82, 2.24) is 0 Å². The second-order valence-electron chi connectivity index (χ2n) is 19.7. The Morgan fingerprint density at radius 2 is 0.485 bits per heavy atom. The van der Waals surface area contributed by atoms with Gasteiger partial charge in [0.2, 0.25) is 0 Å². The normalized spacial score (nSPS) is 11.1. The predicted octanol–water partition coefficient (Wildman–Crippen LogP) is 13.1. The molecule has 0 aliphatic rings. The van der Waals surface area contributed by atoms with Crippen molar-refractivity contribution in [3.05, 3.63) is 68.8 Å². The van der Waals surface area contributed by atoms with Crippen LogP contribution in [0.15, 0.2) is 24.3 Å². The molecule has 0 aromatic heterocycles. The molecule has 0 saturated heterocycles. The highest BCUT2D eigenvalue weighted by molar-refractivity contribution is 6.02. The second-order valence-corrected chi connectivity index (χ2v) is 19.7. The van der Waals surface area contributed by atoms with Gasteiger partial charge in [-0.1, -0.05) is 257 Å². The van der Waals surface area contributed by atoms with Gasteiger partial charge in [0.15, 0.2) is 0 Å². The fourth-order valence-corrected chi connectivity index (χ4v) is 9.71. The molecule has 0 N–H and O–H groups in total. The quantitative estimate of drug-likeness (QED) is 0.0593. The lowest BCUT2D eigenvalue weighted by Crippen LogP contribution is -2.31. The number of hydrogen-bond donors (Lipinski definition) is 0. The number of carbonyl (C=O) groups is 4. The van der Waals surface area contributed by atoms with Crippen LogP contribution in [0.5, 0.6) is 0 Å². The molecule has 2 rings (SSSR count). The Hall–Kier alpha value is -3.68. The van der Waals surface area contributed by atoms with Crippen LogP contribution in [-0.2, 0) is 25.7 Å². The number of carboxylic acid groups (broad SMARTS) is 4. The highest BCUT2D eigenvalue weighted by Gasteiger charge is 2.17. The van der Waals surface area contributed by atoms with E-state index in [0.29, 0.717) is 24.0 Å². The van der Waals surface area contributed by atoms with Crippen molar-refractivity contribution in [2.75, 3.05) is 0 Å². The average Bonchev–Trinajstić information content (AvgIpc) is 3.31. The molecule has 68 heavy (non-hydrogen) atoms. The molecule has 388 valence electrons. The molecular formula is C60H96O8-4. The zero-order valence-corrected chi connectivity index (χ0v) is 43.9. The van der Waals surface area contributed by atoms with Crippen molar-refractivity contribution in [2.45, 2.75) is 285 Å². The van der Waals surface area contributed by atoms with Gasteiger partial charge in [-0.05, 0) is 73.6 Å². The van der Waals surface area contributed by atoms with Crippen LogP contribution in [0.3, 0.4) is 0 Å². The molecule has 0 fully saturated rings. The van der Waals surface area contributed by atoms with Crippen molar-refractivity contribution in [2.24, 2.45) is 0 Å². The molecular weight excluding hydrogens is 849 g/mol. The Balaban J connectivity index is 0.000000685. The second kappa shape index (κ2) is 42.2. The SMILES string of the molecule is CCCCCCCCCCCCc1ccc(C(=O)[O-])c(C(=O)[O-])c1CCCCCCCCCCCC.CCCCCCCCCCc1ccc(C(=O)[O-])c(C(=O)[O-])c1CCCCCCCCCC. The lowest BCUT2D eigenvalue weighted by Gasteiger charge is -2.20. The maximum Gasteiger partial charge on any atom is 0.0724 e. The molecule has 0 atom stereocenters. The van der Waals surface area contributed by atoms with Gasteiger partial charge < -0.3 is 39.6 Å². The Kier molecular flexibility index (Phi) is 38.7. The van der Waals surface area contributed by atoms with Crippen molar-refractivity contribution >= 4 is 23.9 Å². The van der Waals surface area contributed by atoms with E-state index >= 15 is 0 Å². The van der Waals surface area contributed by atoms with E-state index in [9.17, 15) is 39.6 Å². The number of benzene rings is 2. The van der Waals surface area contributed by atoms with Crippen LogP contribution in [0.1, 0.15) is 323 Å². The minimum absolute atomic E-state index is 0.157. The summed E-state index contributed by atoms with van der Waals surface area (Å²) in [6, 6.07) is 6.38. The fraction of sp³-hybridized carbons (Fsp3) is 0.733. The Morgan fingerprint density at radius 1 is 0.279 bits per heavy atom. The molecule has 8 nitrogen and oxygen atoms in total. The van der Waals surface area contributed by atoms with Gasteiger partial charge in [-0.3, -0.25) is 0 Å². The number of hydrogen-bond acceptors (Lipinski definition) is 8. The van der Waals surface area contributed by atoms with Crippen molar-refractivity contribution in [3.63, 3.8) is 0 Å². The number of rotatable bonds is 44. The molecule has 0 bridgehead atoms. The van der Waals surface area contributed by atoms with Gasteiger partial charge in [-0.25, -0.2) is 0 Å². The first-order valence-electron chi connectivity index (χ1n) is 28.2. The van der Waals surface area contributed by atoms with Crippen LogP contribution in [0.2, 0.25) is 0 Å². The van der Waals surface area contributed by atoms with E-state index < -0.39 is 23.9 Å². The molecule has 8 heteroatoms. The third kappa shape index (κ3) is 28.7. The summed E-state index contributed by atoms with van der Waals surface area (Å²) in [7, 11) is 0. The summed E-state index contributed by atoms with van der Waals surface area (Å²) in [5.74, 6) is -5.69. The van der Waals surface area contributed by atoms with Gasteiger partial charge in [0.25, 0.3) is 0 Å². The molecule has 0 radical (unpaired) electrons. The lowest BCUT2D eigenvalue weighted by atomic mass is 9.89. The summed E-state index contributed by atoms with van der Waals surface area (Å²) in [5, 5.41) is 46.8. The summed E-state index contributed by atoms with van der Waals surface area (Å²) in [4.78, 5) is 46.8. The molecule has 2 aromatic rings. The first-order chi connectivity index (χ1) is 33.0. The highest BCUT2D eigenvalue weighted by atomic mass is 16.4. The van der Waals surface area contributed by atoms with E-state index in [1.54, 1.807) is 12.1 Å². The first kappa shape index (κ1) is 62.3. The van der Waals surface area contributed by atoms with Crippen LogP contribution in [0.4, 0.5) is 0 Å². The van der Waals surface area contributed by atoms with Gasteiger partial charge in [0, 0.05) is 22.3 Å². The fourth-order valence-electron chi connectivity index (χ4n) is 9.71. The molecule has 0 saturated carbocycles. The zero-order valence-electron chi connectivity index (χ0n) is 43.9. The molecule has 0 aliphatic heterocycles. The highest BCUT2D eigenvalue weighted by Crippen LogP contribution is 2.26. The first-order valence-corrected chi connectivity index (χ1v) is 28.2. The lowest BCUT2D eigenvalue weighted by molar-refractivity contribution is -0.259. The van der Waals surface area contributed by atoms with Crippen LogP contribution >= 0.6 is 0 Å². The Morgan fingerprint density at radius 3 is 0.691 bits per heavy atom. The number of carbonyl (C=O) groups excluding carboxylic acids is 4. The number of unbranched alkanes of at least 4 members (excludes halogenated alkanes) is 32. The third-order valence-corrected chi connectivity index (χ3v) is 13.8. The van der Waals surface area contributed by atoms with Gasteiger partial charge in [0.05, 0.1) is 23.9 Å². The maximum absolute atomic E-state index is 11.9. The zero-order chi connectivity index (χ0) is 50.0. The molecule has 0 spiro atoms. The standard InChI is InChI=1S/C32H54O4.C28H46O4/c1-3-5-7-9-11-13-15-17-19-21-23-27-25-26-29(31(33)34)30(32(35)36)28(27)24-22-20-18-16-14-12-10-8-6-4-2;1-3-5-7-9-11-13-15-17-19-23-21-22-25(27(29)30)26(28(31)32)24(23)20-18-16-14-12-10-8-6-4-2/h25-26H,3-24H2,1-2H3,(H,33,34)(H,35,36);21-22H,3-20H2,1-2H3,(H,29,30)(H,31,32)/p-4. The van der Waals surface area contributed by atoms with Crippen molar-refractivity contribution < 1.29 is 39.6 Å². The van der Waals surface area contributed by atoms with Crippen molar-refractivity contribution in [1.29, 1.82) is 0 Å². The molecule has 2 aromatic carbocycles. The number of aromatic carboxylic acids is 4. The van der Waals surface area contributed by atoms with E-state index in [-0.39, 0.29) is 22.3 Å². The minimum atomic E-state index is -1.44. The number of aryl methyl sites for hydroxylation is 2. The Bertz CT molecular complexity index is 1630. The molecule has 0 unspecified atom stereocenters. The summed E-state index contributed by atoms with van der Waals surface area (Å²) >= 11 is 0.